The SMILES string of the molecule is N#Cc1cccc(NC(=O)Cn2cnc([N+](=O)[O-])n2)c1. The van der Waals surface area contributed by atoms with Crippen molar-refractivity contribution in [3.05, 3.63) is 46.3 Å². The van der Waals surface area contributed by atoms with Crippen LogP contribution in [0.15, 0.2) is 30.6 Å². The molecule has 0 fully saturated rings. The van der Waals surface area contributed by atoms with Gasteiger partial charge < -0.3 is 15.4 Å². The summed E-state index contributed by atoms with van der Waals surface area (Å²) in [5.74, 6) is -0.996. The van der Waals surface area contributed by atoms with Crippen molar-refractivity contribution < 1.29 is 9.72 Å². The van der Waals surface area contributed by atoms with Crippen LogP contribution in [0.4, 0.5) is 11.6 Å². The van der Waals surface area contributed by atoms with E-state index in [4.69, 9.17) is 5.26 Å². The molecule has 1 N–H and O–H groups in total. The number of hydrogen-bond donors (Lipinski definition) is 1. The largest absolute Gasteiger partial charge is 0.490 e. The Hall–Kier alpha value is -3.28. The zero-order chi connectivity index (χ0) is 14.5. The minimum absolute atomic E-state index is 0.211. The summed E-state index contributed by atoms with van der Waals surface area (Å²) in [4.78, 5) is 24.8. The Morgan fingerprint density at radius 2 is 2.35 bits per heavy atom. The quantitative estimate of drug-likeness (QED) is 0.644. The summed E-state index contributed by atoms with van der Waals surface area (Å²) < 4.78 is 1.06. The molecule has 1 heterocycles. The van der Waals surface area contributed by atoms with E-state index in [1.165, 1.54) is 6.07 Å². The van der Waals surface area contributed by atoms with Crippen molar-refractivity contribution in [3.63, 3.8) is 0 Å². The predicted octanol–water partition coefficient (Wildman–Crippen LogP) is 0.697. The molecule has 2 rings (SSSR count). The normalized spacial score (nSPS) is 9.75. The molecule has 9 nitrogen and oxygen atoms in total. The van der Waals surface area contributed by atoms with Crippen LogP contribution in [0.25, 0.3) is 0 Å². The standard InChI is InChI=1S/C11H8N6O3/c12-5-8-2-1-3-9(4-8)14-10(18)6-16-7-13-11(15-16)17(19)20/h1-4,7H,6H2,(H,14,18). The van der Waals surface area contributed by atoms with Gasteiger partial charge in [-0.1, -0.05) is 11.1 Å². The first-order chi connectivity index (χ1) is 9.58. The van der Waals surface area contributed by atoms with Crippen LogP contribution < -0.4 is 5.32 Å². The molecule has 0 spiro atoms. The average molecular weight is 272 g/mol. The van der Waals surface area contributed by atoms with Gasteiger partial charge in [0.2, 0.25) is 12.2 Å². The van der Waals surface area contributed by atoms with Gasteiger partial charge in [-0.25, -0.2) is 0 Å². The molecule has 100 valence electrons. The highest BCUT2D eigenvalue weighted by Crippen LogP contribution is 2.09. The van der Waals surface area contributed by atoms with E-state index in [1.54, 1.807) is 18.2 Å². The third-order valence-corrected chi connectivity index (χ3v) is 2.27. The second-order valence-electron chi connectivity index (χ2n) is 3.74. The van der Waals surface area contributed by atoms with Crippen molar-refractivity contribution in [3.8, 4) is 6.07 Å². The summed E-state index contributed by atoms with van der Waals surface area (Å²) in [6, 6.07) is 8.34. The molecule has 0 radical (unpaired) electrons. The number of nitro groups is 1. The molecule has 0 atom stereocenters. The monoisotopic (exact) mass is 272 g/mol. The molecule has 1 aromatic carbocycles. The lowest BCUT2D eigenvalue weighted by Gasteiger charge is -2.03. The van der Waals surface area contributed by atoms with Crippen LogP contribution in [-0.2, 0) is 11.3 Å². The Balaban J connectivity index is 2.01. The molecule has 0 saturated heterocycles. The number of benzene rings is 1. The van der Waals surface area contributed by atoms with Gasteiger partial charge in [0.05, 0.1) is 11.6 Å². The summed E-state index contributed by atoms with van der Waals surface area (Å²) in [5, 5.41) is 25.2. The van der Waals surface area contributed by atoms with Gasteiger partial charge in [0.1, 0.15) is 6.54 Å². The zero-order valence-electron chi connectivity index (χ0n) is 10.1. The van der Waals surface area contributed by atoms with Crippen LogP contribution in [-0.4, -0.2) is 25.6 Å². The number of nitrogens with zero attached hydrogens (tertiary/aromatic N) is 5. The molecule has 1 amide bonds. The Kier molecular flexibility index (Phi) is 3.67. The Morgan fingerprint density at radius 1 is 1.55 bits per heavy atom. The second-order valence-corrected chi connectivity index (χ2v) is 3.74. The number of amides is 1. The molecule has 0 bridgehead atoms. The number of aromatic nitrogens is 3. The zero-order valence-corrected chi connectivity index (χ0v) is 10.1. The van der Waals surface area contributed by atoms with Crippen LogP contribution in [0.2, 0.25) is 0 Å². The van der Waals surface area contributed by atoms with Crippen LogP contribution in [0.5, 0.6) is 0 Å². The minimum atomic E-state index is -0.745. The van der Waals surface area contributed by atoms with E-state index in [0.29, 0.717) is 11.3 Å². The first-order valence-corrected chi connectivity index (χ1v) is 5.42. The number of nitriles is 1. The maximum atomic E-state index is 11.7. The lowest BCUT2D eigenvalue weighted by molar-refractivity contribution is -0.394. The third kappa shape index (κ3) is 3.14. The highest BCUT2D eigenvalue weighted by Gasteiger charge is 2.15. The Morgan fingerprint density at radius 3 is 3.00 bits per heavy atom. The predicted molar refractivity (Wildman–Crippen MR) is 66.5 cm³/mol. The topological polar surface area (TPSA) is 127 Å². The number of anilines is 1. The van der Waals surface area contributed by atoms with E-state index in [2.05, 4.69) is 15.4 Å². The molecule has 2 aromatic rings. The summed E-state index contributed by atoms with van der Waals surface area (Å²) in [6.07, 6.45) is 1.10. The maximum Gasteiger partial charge on any atom is 0.490 e. The summed E-state index contributed by atoms with van der Waals surface area (Å²) in [7, 11) is 0. The molecular weight excluding hydrogens is 264 g/mol. The van der Waals surface area contributed by atoms with Crippen LogP contribution in [0, 0.1) is 21.4 Å². The lowest BCUT2D eigenvalue weighted by atomic mass is 10.2. The lowest BCUT2D eigenvalue weighted by Crippen LogP contribution is -2.19. The Bertz CT molecular complexity index is 702. The molecule has 0 aliphatic carbocycles. The molecule has 0 aliphatic heterocycles. The van der Waals surface area contributed by atoms with Gasteiger partial charge in [0, 0.05) is 10.8 Å². The van der Waals surface area contributed by atoms with Gasteiger partial charge in [-0.2, -0.15) is 9.94 Å². The highest BCUT2D eigenvalue weighted by atomic mass is 16.6. The van der Waals surface area contributed by atoms with Crippen LogP contribution in [0.1, 0.15) is 5.56 Å². The highest BCUT2D eigenvalue weighted by molar-refractivity contribution is 5.90. The Labute approximate surface area is 112 Å². The number of rotatable bonds is 4. The van der Waals surface area contributed by atoms with Gasteiger partial charge in [0.25, 0.3) is 0 Å². The van der Waals surface area contributed by atoms with Gasteiger partial charge in [-0.3, -0.25) is 4.79 Å². The smallest absolute Gasteiger partial charge is 0.390 e. The van der Waals surface area contributed by atoms with Crippen molar-refractivity contribution in [1.29, 1.82) is 5.26 Å². The van der Waals surface area contributed by atoms with E-state index >= 15 is 0 Å². The fourth-order valence-corrected chi connectivity index (χ4v) is 1.46. The van der Waals surface area contributed by atoms with Gasteiger partial charge in [0.15, 0.2) is 0 Å². The first-order valence-electron chi connectivity index (χ1n) is 5.42. The van der Waals surface area contributed by atoms with Crippen LogP contribution in [0.3, 0.4) is 0 Å². The van der Waals surface area contributed by atoms with E-state index < -0.39 is 16.8 Å². The summed E-state index contributed by atoms with van der Waals surface area (Å²) in [6.45, 7) is -0.211. The van der Waals surface area contributed by atoms with Gasteiger partial charge in [-0.15, -0.1) is 0 Å². The van der Waals surface area contributed by atoms with Crippen molar-refractivity contribution in [2.45, 2.75) is 6.54 Å². The van der Waals surface area contributed by atoms with Gasteiger partial charge in [-0.05, 0) is 23.1 Å². The first kappa shape index (κ1) is 13.2. The minimum Gasteiger partial charge on any atom is -0.390 e. The maximum absolute atomic E-state index is 11.7. The summed E-state index contributed by atoms with van der Waals surface area (Å²) in [5.41, 5.74) is 0.878. The third-order valence-electron chi connectivity index (χ3n) is 2.27. The van der Waals surface area contributed by atoms with E-state index in [0.717, 1.165) is 11.0 Å². The van der Waals surface area contributed by atoms with Gasteiger partial charge >= 0.3 is 5.95 Å². The van der Waals surface area contributed by atoms with Crippen molar-refractivity contribution in [1.82, 2.24) is 14.8 Å². The second kappa shape index (κ2) is 5.57. The van der Waals surface area contributed by atoms with E-state index in [9.17, 15) is 14.9 Å². The average Bonchev–Trinajstić information content (AvgIpc) is 2.87. The fraction of sp³-hybridized carbons (Fsp3) is 0.0909. The molecular formula is C11H8N6O3. The number of carbonyl (C=O) groups excluding carboxylic acids is 1. The number of carbonyl (C=O) groups is 1. The summed E-state index contributed by atoms with van der Waals surface area (Å²) >= 11 is 0. The van der Waals surface area contributed by atoms with Crippen molar-refractivity contribution >= 4 is 17.5 Å². The molecule has 20 heavy (non-hydrogen) atoms. The fourth-order valence-electron chi connectivity index (χ4n) is 1.46. The molecule has 0 unspecified atom stereocenters. The van der Waals surface area contributed by atoms with Crippen molar-refractivity contribution in [2.75, 3.05) is 5.32 Å². The van der Waals surface area contributed by atoms with Crippen molar-refractivity contribution in [2.24, 2.45) is 0 Å². The molecule has 9 heteroatoms. The number of nitrogens with one attached hydrogen (secondary N) is 1. The molecule has 1 aromatic heterocycles. The van der Waals surface area contributed by atoms with Crippen LogP contribution >= 0.6 is 0 Å². The van der Waals surface area contributed by atoms with E-state index in [-0.39, 0.29) is 6.54 Å². The van der Waals surface area contributed by atoms with E-state index in [1.807, 2.05) is 6.07 Å². The number of hydrogen-bond acceptors (Lipinski definition) is 6. The molecule has 0 aliphatic rings. The molecule has 0 saturated carbocycles.